The molecule has 37 heavy (non-hydrogen) atoms. The van der Waals surface area contributed by atoms with Gasteiger partial charge in [-0.05, 0) is 45.8 Å². The molecule has 6 rings (SSSR count). The van der Waals surface area contributed by atoms with Crippen molar-refractivity contribution in [2.45, 2.75) is 45.3 Å². The fraction of sp³-hybridized carbons (Fsp3) is 0.464. The molecule has 0 unspecified atom stereocenters. The highest BCUT2D eigenvalue weighted by Gasteiger charge is 2.54. The van der Waals surface area contributed by atoms with E-state index in [2.05, 4.69) is 34.1 Å². The van der Waals surface area contributed by atoms with E-state index in [9.17, 15) is 9.59 Å². The lowest BCUT2D eigenvalue weighted by atomic mass is 10.1. The number of fused-ring (bicyclic) bond motifs is 2. The zero-order chi connectivity index (χ0) is 25.8. The van der Waals surface area contributed by atoms with Gasteiger partial charge in [0.1, 0.15) is 23.9 Å². The summed E-state index contributed by atoms with van der Waals surface area (Å²) in [6, 6.07) is 8.66. The molecule has 4 aliphatic rings. The summed E-state index contributed by atoms with van der Waals surface area (Å²) >= 11 is 1.75. The van der Waals surface area contributed by atoms with E-state index < -0.39 is 11.6 Å². The molecule has 2 fully saturated rings. The first-order chi connectivity index (χ1) is 17.8. The van der Waals surface area contributed by atoms with E-state index in [1.807, 2.05) is 50.1 Å². The van der Waals surface area contributed by atoms with Gasteiger partial charge in [0, 0.05) is 23.8 Å². The molecule has 194 valence electrons. The lowest BCUT2D eigenvalue weighted by Gasteiger charge is -2.43. The Hall–Kier alpha value is -2.88. The normalized spacial score (nSPS) is 24.7. The fourth-order valence-electron chi connectivity index (χ4n) is 5.96. The van der Waals surface area contributed by atoms with Gasteiger partial charge in [-0.25, -0.2) is 4.79 Å². The molecule has 0 aliphatic carbocycles. The summed E-state index contributed by atoms with van der Waals surface area (Å²) in [7, 11) is 0. The second kappa shape index (κ2) is 9.15. The number of carbonyl (C=O) groups excluding carboxylic acids is 2. The number of benzene rings is 1. The number of quaternary nitrogens is 1. The second-order valence-electron chi connectivity index (χ2n) is 11.2. The highest BCUT2D eigenvalue weighted by molar-refractivity contribution is 7.99. The van der Waals surface area contributed by atoms with Crippen LogP contribution < -0.4 is 0 Å². The molecular weight excluding hydrogens is 486 g/mol. The van der Waals surface area contributed by atoms with Crippen molar-refractivity contribution in [1.29, 1.82) is 0 Å². The Morgan fingerprint density at radius 3 is 2.65 bits per heavy atom. The molecule has 1 aromatic carbocycles. The third-order valence-corrected chi connectivity index (χ3v) is 8.62. The SMILES string of the molecule is CC(C)(C)OC(=O)C1=C(C(=O)N2CCSC2)C[N@+]2(N3CCC(n4ncc5ccccc54)CC3)C=CC=C12. The third-order valence-electron chi connectivity index (χ3n) is 7.66. The summed E-state index contributed by atoms with van der Waals surface area (Å²) in [4.78, 5) is 29.1. The van der Waals surface area contributed by atoms with E-state index in [1.165, 1.54) is 5.52 Å². The molecular formula is C28H34N5O3S+. The topological polar surface area (TPSA) is 67.7 Å². The van der Waals surface area contributed by atoms with Crippen LogP contribution >= 0.6 is 11.8 Å². The minimum atomic E-state index is -0.641. The first-order valence-electron chi connectivity index (χ1n) is 13.1. The lowest BCUT2D eigenvalue weighted by Crippen LogP contribution is -2.56. The number of allylic oxidation sites excluding steroid dienone is 2. The zero-order valence-electron chi connectivity index (χ0n) is 21.7. The summed E-state index contributed by atoms with van der Waals surface area (Å²) in [5.41, 5.74) is 2.40. The van der Waals surface area contributed by atoms with E-state index in [0.717, 1.165) is 42.8 Å². The van der Waals surface area contributed by atoms with Crippen LogP contribution in [0.4, 0.5) is 0 Å². The maximum atomic E-state index is 13.7. The lowest BCUT2D eigenvalue weighted by molar-refractivity contribution is -0.949. The summed E-state index contributed by atoms with van der Waals surface area (Å²) in [5, 5.41) is 8.27. The zero-order valence-corrected chi connectivity index (χ0v) is 22.5. The minimum Gasteiger partial charge on any atom is -0.456 e. The van der Waals surface area contributed by atoms with E-state index in [0.29, 0.717) is 40.7 Å². The minimum absolute atomic E-state index is 0.0371. The average molecular weight is 521 g/mol. The molecule has 5 heterocycles. The highest BCUT2D eigenvalue weighted by atomic mass is 32.2. The number of amides is 1. The van der Waals surface area contributed by atoms with Crippen molar-refractivity contribution in [3.63, 3.8) is 0 Å². The number of hydrogen-bond donors (Lipinski definition) is 0. The van der Waals surface area contributed by atoms with Crippen LogP contribution in [0.1, 0.15) is 39.7 Å². The van der Waals surface area contributed by atoms with Crippen LogP contribution in [0.15, 0.2) is 65.7 Å². The average Bonchev–Trinajstić information content (AvgIpc) is 3.65. The Morgan fingerprint density at radius 2 is 1.92 bits per heavy atom. The van der Waals surface area contributed by atoms with Gasteiger partial charge in [-0.1, -0.05) is 18.2 Å². The van der Waals surface area contributed by atoms with Crippen LogP contribution in [0.5, 0.6) is 0 Å². The van der Waals surface area contributed by atoms with E-state index in [-0.39, 0.29) is 5.91 Å². The fourth-order valence-corrected chi connectivity index (χ4v) is 6.90. The first-order valence-corrected chi connectivity index (χ1v) is 14.2. The summed E-state index contributed by atoms with van der Waals surface area (Å²) in [5.74, 6) is 1.15. The highest BCUT2D eigenvalue weighted by Crippen LogP contribution is 2.45. The van der Waals surface area contributed by atoms with Crippen molar-refractivity contribution < 1.29 is 18.9 Å². The molecule has 1 atom stereocenters. The van der Waals surface area contributed by atoms with Crippen molar-refractivity contribution in [1.82, 2.24) is 19.7 Å². The third kappa shape index (κ3) is 4.23. The second-order valence-corrected chi connectivity index (χ2v) is 12.2. The maximum absolute atomic E-state index is 13.7. The van der Waals surface area contributed by atoms with Gasteiger partial charge in [0.15, 0.2) is 5.70 Å². The molecule has 2 aromatic rings. The molecule has 9 heteroatoms. The number of aromatic nitrogens is 2. The van der Waals surface area contributed by atoms with Gasteiger partial charge in [0.05, 0.1) is 42.3 Å². The smallest absolute Gasteiger partial charge is 0.345 e. The van der Waals surface area contributed by atoms with Crippen LogP contribution in [-0.4, -0.2) is 79.6 Å². The number of nitrogens with zero attached hydrogens (tertiary/aromatic N) is 5. The number of thioether (sulfide) groups is 1. The molecule has 1 aromatic heterocycles. The van der Waals surface area contributed by atoms with Gasteiger partial charge < -0.3 is 9.64 Å². The summed E-state index contributed by atoms with van der Waals surface area (Å²) in [6.45, 7) is 8.44. The van der Waals surface area contributed by atoms with Crippen LogP contribution in [0.2, 0.25) is 0 Å². The first kappa shape index (κ1) is 24.5. The quantitative estimate of drug-likeness (QED) is 0.449. The molecule has 0 spiro atoms. The molecule has 0 bridgehead atoms. The molecule has 8 nitrogen and oxygen atoms in total. The number of esters is 1. The predicted octanol–water partition coefficient (Wildman–Crippen LogP) is 4.00. The molecule has 0 saturated carbocycles. The Kier molecular flexibility index (Phi) is 6.05. The molecule has 2 saturated heterocycles. The van der Waals surface area contributed by atoms with Crippen molar-refractivity contribution >= 4 is 34.5 Å². The van der Waals surface area contributed by atoms with Gasteiger partial charge in [0.25, 0.3) is 5.91 Å². The Labute approximate surface area is 221 Å². The van der Waals surface area contributed by atoms with Gasteiger partial charge in [-0.3, -0.25) is 9.48 Å². The van der Waals surface area contributed by atoms with Crippen molar-refractivity contribution in [3.8, 4) is 0 Å². The molecule has 0 radical (unpaired) electrons. The van der Waals surface area contributed by atoms with Crippen molar-refractivity contribution in [2.75, 3.05) is 37.8 Å². The predicted molar refractivity (Wildman–Crippen MR) is 144 cm³/mol. The maximum Gasteiger partial charge on any atom is 0.345 e. The Balaban J connectivity index is 1.28. The number of ether oxygens (including phenoxy) is 1. The summed E-state index contributed by atoms with van der Waals surface area (Å²) in [6.07, 6.45) is 9.97. The van der Waals surface area contributed by atoms with Gasteiger partial charge in [0.2, 0.25) is 0 Å². The van der Waals surface area contributed by atoms with E-state index >= 15 is 0 Å². The standard InChI is InChI=1S/C28H34N5O3S/c1-28(2,3)36-27(35)25-22(26(34)30-14-16-37-19-30)18-33(15-6-9-24(25)33)31-12-10-21(11-13-31)32-23-8-5-4-7-20(23)17-29-32/h4-9,15,17,21H,10-14,16,18-19H2,1-3H3/q+1/t33-/m1/s1. The van der Waals surface area contributed by atoms with Crippen LogP contribution in [0.25, 0.3) is 10.9 Å². The van der Waals surface area contributed by atoms with Gasteiger partial charge in [-0.2, -0.15) is 9.69 Å². The Morgan fingerprint density at radius 1 is 1.14 bits per heavy atom. The number of piperidine rings is 1. The van der Waals surface area contributed by atoms with E-state index in [1.54, 1.807) is 11.8 Å². The van der Waals surface area contributed by atoms with Gasteiger partial charge in [-0.15, -0.1) is 16.8 Å². The number of rotatable bonds is 4. The summed E-state index contributed by atoms with van der Waals surface area (Å²) < 4.78 is 8.39. The molecule has 0 N–H and O–H groups in total. The van der Waals surface area contributed by atoms with Crippen molar-refractivity contribution in [3.05, 3.63) is 65.7 Å². The monoisotopic (exact) mass is 520 g/mol. The molecule has 1 amide bonds. The number of para-hydroxylation sites is 1. The number of carbonyl (C=O) groups is 2. The van der Waals surface area contributed by atoms with Crippen LogP contribution in [0, 0.1) is 0 Å². The van der Waals surface area contributed by atoms with Crippen LogP contribution in [0.3, 0.4) is 0 Å². The largest absolute Gasteiger partial charge is 0.456 e. The Bertz CT molecular complexity index is 1340. The van der Waals surface area contributed by atoms with E-state index in [4.69, 9.17) is 9.84 Å². The molecule has 4 aliphatic heterocycles. The van der Waals surface area contributed by atoms with Crippen LogP contribution in [-0.2, 0) is 14.3 Å². The van der Waals surface area contributed by atoms with Gasteiger partial charge >= 0.3 is 5.97 Å². The van der Waals surface area contributed by atoms with Crippen molar-refractivity contribution in [2.24, 2.45) is 0 Å². The number of hydrogen-bond acceptors (Lipinski definition) is 6.